The number of aromatic nitrogens is 3. The van der Waals surface area contributed by atoms with Crippen LogP contribution in [-0.2, 0) is 9.84 Å². The van der Waals surface area contributed by atoms with Gasteiger partial charge in [0.2, 0.25) is 9.84 Å². The molecule has 0 bridgehead atoms. The third-order valence-electron chi connectivity index (χ3n) is 4.59. The molecule has 0 radical (unpaired) electrons. The van der Waals surface area contributed by atoms with Crippen molar-refractivity contribution in [3.8, 4) is 0 Å². The van der Waals surface area contributed by atoms with Crippen molar-refractivity contribution < 1.29 is 12.8 Å². The zero-order chi connectivity index (χ0) is 20.7. The van der Waals surface area contributed by atoms with Gasteiger partial charge in [-0.15, -0.1) is 0 Å². The SMILES string of the molecule is Nc1c(S(=O)(=O)c2ccccc2)c2nc3ccccc3nc2n1/N=C/c1ccco1. The molecule has 9 heteroatoms. The van der Waals surface area contributed by atoms with E-state index in [1.807, 2.05) is 12.1 Å². The van der Waals surface area contributed by atoms with Crippen LogP contribution < -0.4 is 5.73 Å². The van der Waals surface area contributed by atoms with Crippen LogP contribution in [0.5, 0.6) is 0 Å². The molecule has 148 valence electrons. The zero-order valence-corrected chi connectivity index (χ0v) is 16.3. The van der Waals surface area contributed by atoms with E-state index in [0.717, 1.165) is 0 Å². The third-order valence-corrected chi connectivity index (χ3v) is 6.43. The Morgan fingerprint density at radius 2 is 1.63 bits per heavy atom. The molecule has 2 N–H and O–H groups in total. The molecule has 0 aliphatic rings. The van der Waals surface area contributed by atoms with Gasteiger partial charge in [0, 0.05) is 0 Å². The van der Waals surface area contributed by atoms with Gasteiger partial charge in [-0.2, -0.15) is 9.78 Å². The van der Waals surface area contributed by atoms with E-state index in [1.54, 1.807) is 42.5 Å². The molecule has 0 aliphatic heterocycles. The molecule has 0 amide bonds. The Balaban J connectivity index is 1.84. The van der Waals surface area contributed by atoms with Crippen molar-refractivity contribution >= 4 is 44.1 Å². The number of anilines is 1. The van der Waals surface area contributed by atoms with Gasteiger partial charge in [0.25, 0.3) is 0 Å². The van der Waals surface area contributed by atoms with Crippen molar-refractivity contribution in [2.24, 2.45) is 5.10 Å². The number of furan rings is 1. The highest BCUT2D eigenvalue weighted by molar-refractivity contribution is 7.92. The Kier molecular flexibility index (Phi) is 4.11. The minimum absolute atomic E-state index is 0.0769. The lowest BCUT2D eigenvalue weighted by molar-refractivity contribution is 0.559. The van der Waals surface area contributed by atoms with Crippen molar-refractivity contribution in [1.82, 2.24) is 14.6 Å². The molecule has 5 aromatic rings. The number of nitrogens with zero attached hydrogens (tertiary/aromatic N) is 4. The first-order chi connectivity index (χ1) is 14.6. The first kappa shape index (κ1) is 18.1. The van der Waals surface area contributed by atoms with Crippen LogP contribution in [-0.4, -0.2) is 29.3 Å². The Labute approximate surface area is 171 Å². The highest BCUT2D eigenvalue weighted by Crippen LogP contribution is 2.35. The lowest BCUT2D eigenvalue weighted by Crippen LogP contribution is -2.06. The van der Waals surface area contributed by atoms with E-state index in [0.29, 0.717) is 16.8 Å². The minimum Gasteiger partial charge on any atom is -0.463 e. The molecule has 0 saturated carbocycles. The van der Waals surface area contributed by atoms with E-state index in [1.165, 1.54) is 29.3 Å². The molecule has 2 aromatic carbocycles. The summed E-state index contributed by atoms with van der Waals surface area (Å²) in [6, 6.07) is 18.7. The number of fused-ring (bicyclic) bond motifs is 2. The number of para-hydroxylation sites is 2. The van der Waals surface area contributed by atoms with E-state index < -0.39 is 9.84 Å². The van der Waals surface area contributed by atoms with E-state index >= 15 is 0 Å². The molecule has 5 rings (SSSR count). The Hall–Kier alpha value is -3.98. The van der Waals surface area contributed by atoms with Crippen molar-refractivity contribution in [3.63, 3.8) is 0 Å². The van der Waals surface area contributed by atoms with Crippen molar-refractivity contribution in [2.45, 2.75) is 9.79 Å². The number of hydrogen-bond acceptors (Lipinski definition) is 7. The molecule has 8 nitrogen and oxygen atoms in total. The van der Waals surface area contributed by atoms with Crippen LogP contribution in [0.25, 0.3) is 22.2 Å². The first-order valence-corrected chi connectivity index (χ1v) is 10.5. The van der Waals surface area contributed by atoms with Crippen LogP contribution in [0.4, 0.5) is 5.82 Å². The molecule has 0 spiro atoms. The molecule has 3 heterocycles. The maximum Gasteiger partial charge on any atom is 0.212 e. The van der Waals surface area contributed by atoms with Crippen LogP contribution in [0.1, 0.15) is 5.76 Å². The smallest absolute Gasteiger partial charge is 0.212 e. The fourth-order valence-corrected chi connectivity index (χ4v) is 4.71. The van der Waals surface area contributed by atoms with Gasteiger partial charge >= 0.3 is 0 Å². The van der Waals surface area contributed by atoms with Crippen LogP contribution in [0.15, 0.2) is 92.3 Å². The second-order valence-electron chi connectivity index (χ2n) is 6.49. The maximum absolute atomic E-state index is 13.4. The van der Waals surface area contributed by atoms with E-state index in [9.17, 15) is 8.42 Å². The summed E-state index contributed by atoms with van der Waals surface area (Å²) in [5, 5.41) is 4.32. The molecule has 0 saturated heterocycles. The van der Waals surface area contributed by atoms with Gasteiger partial charge < -0.3 is 10.2 Å². The van der Waals surface area contributed by atoms with Crippen LogP contribution >= 0.6 is 0 Å². The summed E-state index contributed by atoms with van der Waals surface area (Å²) in [5.41, 5.74) is 7.85. The highest BCUT2D eigenvalue weighted by atomic mass is 32.2. The monoisotopic (exact) mass is 417 g/mol. The molecule has 0 fully saturated rings. The molecule has 0 aliphatic carbocycles. The quantitative estimate of drug-likeness (QED) is 0.448. The average Bonchev–Trinajstić information content (AvgIpc) is 3.37. The van der Waals surface area contributed by atoms with Crippen LogP contribution in [0.2, 0.25) is 0 Å². The summed E-state index contributed by atoms with van der Waals surface area (Å²) in [5.74, 6) is 0.407. The van der Waals surface area contributed by atoms with Crippen molar-refractivity contribution in [2.75, 3.05) is 5.73 Å². The predicted octanol–water partition coefficient (Wildman–Crippen LogP) is 3.47. The Morgan fingerprint density at radius 3 is 2.33 bits per heavy atom. The molecular weight excluding hydrogens is 402 g/mol. The summed E-state index contributed by atoms with van der Waals surface area (Å²) in [6.45, 7) is 0. The van der Waals surface area contributed by atoms with E-state index in [4.69, 9.17) is 10.2 Å². The summed E-state index contributed by atoms with van der Waals surface area (Å²) < 4.78 is 33.4. The van der Waals surface area contributed by atoms with Gasteiger partial charge in [0.15, 0.2) is 5.65 Å². The molecular formula is C21H15N5O3S. The van der Waals surface area contributed by atoms with E-state index in [-0.39, 0.29) is 26.8 Å². The second-order valence-corrected chi connectivity index (χ2v) is 8.37. The summed E-state index contributed by atoms with van der Waals surface area (Å²) in [4.78, 5) is 9.12. The molecule has 0 atom stereocenters. The zero-order valence-electron chi connectivity index (χ0n) is 15.5. The van der Waals surface area contributed by atoms with Crippen molar-refractivity contribution in [3.05, 3.63) is 78.8 Å². The Bertz CT molecular complexity index is 1510. The number of nitrogen functional groups attached to an aromatic ring is 1. The minimum atomic E-state index is -3.96. The van der Waals surface area contributed by atoms with Crippen LogP contribution in [0.3, 0.4) is 0 Å². The average molecular weight is 417 g/mol. The first-order valence-electron chi connectivity index (χ1n) is 9.00. The number of hydrogen-bond donors (Lipinski definition) is 1. The lowest BCUT2D eigenvalue weighted by Gasteiger charge is -2.04. The number of sulfone groups is 1. The third kappa shape index (κ3) is 2.83. The largest absolute Gasteiger partial charge is 0.463 e. The molecule has 30 heavy (non-hydrogen) atoms. The normalized spacial score (nSPS) is 12.3. The van der Waals surface area contributed by atoms with Crippen molar-refractivity contribution in [1.29, 1.82) is 0 Å². The molecule has 3 aromatic heterocycles. The van der Waals surface area contributed by atoms with Gasteiger partial charge in [0.05, 0.1) is 28.4 Å². The number of rotatable bonds is 4. The van der Waals surface area contributed by atoms with Gasteiger partial charge in [-0.3, -0.25) is 0 Å². The summed E-state index contributed by atoms with van der Waals surface area (Å²) in [6.07, 6.45) is 2.95. The van der Waals surface area contributed by atoms with Gasteiger partial charge in [0.1, 0.15) is 22.0 Å². The second kappa shape index (κ2) is 6.82. The number of nitrogens with two attached hydrogens (primary N) is 1. The number of benzene rings is 2. The highest BCUT2D eigenvalue weighted by Gasteiger charge is 2.30. The summed E-state index contributed by atoms with van der Waals surface area (Å²) in [7, 11) is -3.96. The lowest BCUT2D eigenvalue weighted by atomic mass is 10.3. The maximum atomic E-state index is 13.4. The van der Waals surface area contributed by atoms with Crippen LogP contribution in [0, 0.1) is 0 Å². The standard InChI is InChI=1S/C21H15N5O3S/c22-20-19(30(27,28)15-8-2-1-3-9-15)18-21(25-17-11-5-4-10-16(17)24-18)26(20)23-13-14-7-6-12-29-14/h1-13H,22H2/b23-13+. The van der Waals surface area contributed by atoms with E-state index in [2.05, 4.69) is 15.1 Å². The fourth-order valence-electron chi connectivity index (χ4n) is 3.20. The summed E-state index contributed by atoms with van der Waals surface area (Å²) >= 11 is 0. The van der Waals surface area contributed by atoms with Gasteiger partial charge in [-0.05, 0) is 36.4 Å². The molecule has 0 unspecified atom stereocenters. The predicted molar refractivity (Wildman–Crippen MR) is 113 cm³/mol. The topological polar surface area (TPSA) is 116 Å². The Morgan fingerprint density at radius 1 is 0.933 bits per heavy atom. The van der Waals surface area contributed by atoms with Gasteiger partial charge in [-0.1, -0.05) is 30.3 Å². The van der Waals surface area contributed by atoms with Gasteiger partial charge in [-0.25, -0.2) is 18.4 Å². The fraction of sp³-hybridized carbons (Fsp3) is 0.